The highest BCUT2D eigenvalue weighted by Crippen LogP contribution is 2.30. The highest BCUT2D eigenvalue weighted by molar-refractivity contribution is 7.80. The summed E-state index contributed by atoms with van der Waals surface area (Å²) in [5.41, 5.74) is 0. The van der Waals surface area contributed by atoms with Gasteiger partial charge in [-0.25, -0.2) is 0 Å². The Labute approximate surface area is 106 Å². The van der Waals surface area contributed by atoms with Gasteiger partial charge in [0.1, 0.15) is 0 Å². The predicted molar refractivity (Wildman–Crippen MR) is 73.3 cm³/mol. The van der Waals surface area contributed by atoms with Crippen molar-refractivity contribution in [2.45, 2.75) is 51.0 Å². The summed E-state index contributed by atoms with van der Waals surface area (Å²) in [5.74, 6) is 1.76. The quantitative estimate of drug-likeness (QED) is 0.507. The Hall–Kier alpha value is 0.270. The number of rotatable bonds is 8. The van der Waals surface area contributed by atoms with Gasteiger partial charge in [-0.05, 0) is 38.1 Å². The molecule has 1 fully saturated rings. The van der Waals surface area contributed by atoms with Crippen LogP contribution < -0.4 is 5.32 Å². The first-order chi connectivity index (χ1) is 7.88. The van der Waals surface area contributed by atoms with Crippen LogP contribution in [-0.4, -0.2) is 32.1 Å². The van der Waals surface area contributed by atoms with E-state index in [0.29, 0.717) is 6.10 Å². The predicted octanol–water partition coefficient (Wildman–Crippen LogP) is 2.88. The van der Waals surface area contributed by atoms with E-state index in [0.717, 1.165) is 24.8 Å². The smallest absolute Gasteiger partial charge is 0.0599 e. The van der Waals surface area contributed by atoms with Gasteiger partial charge < -0.3 is 10.1 Å². The zero-order chi connectivity index (χ0) is 11.6. The van der Waals surface area contributed by atoms with Crippen molar-refractivity contribution in [1.29, 1.82) is 0 Å². The van der Waals surface area contributed by atoms with Gasteiger partial charge in [0.25, 0.3) is 0 Å². The molecule has 0 radical (unpaired) electrons. The Morgan fingerprint density at radius 2 is 2.00 bits per heavy atom. The molecular formula is C13H27NOS. The zero-order valence-electron chi connectivity index (χ0n) is 10.6. The first-order valence-corrected chi connectivity index (χ1v) is 7.36. The van der Waals surface area contributed by atoms with Crippen molar-refractivity contribution in [2.75, 3.05) is 26.0 Å². The SMILES string of the molecule is COC1CCCCC1CCCCNCCS. The van der Waals surface area contributed by atoms with Crippen LogP contribution in [-0.2, 0) is 4.74 Å². The molecule has 3 heteroatoms. The highest BCUT2D eigenvalue weighted by Gasteiger charge is 2.23. The molecular weight excluding hydrogens is 218 g/mol. The monoisotopic (exact) mass is 245 g/mol. The van der Waals surface area contributed by atoms with Crippen molar-refractivity contribution in [2.24, 2.45) is 5.92 Å². The third-order valence-corrected chi connectivity index (χ3v) is 3.83. The van der Waals surface area contributed by atoms with Gasteiger partial charge in [-0.3, -0.25) is 0 Å². The first-order valence-electron chi connectivity index (χ1n) is 6.73. The summed E-state index contributed by atoms with van der Waals surface area (Å²) in [6, 6.07) is 0. The molecule has 0 aromatic carbocycles. The van der Waals surface area contributed by atoms with Gasteiger partial charge in [0.15, 0.2) is 0 Å². The molecule has 1 N–H and O–H groups in total. The van der Waals surface area contributed by atoms with Crippen LogP contribution in [0, 0.1) is 5.92 Å². The standard InChI is InChI=1S/C13H27NOS/c1-15-13-8-3-2-6-12(13)7-4-5-9-14-10-11-16/h12-14,16H,2-11H2,1H3. The maximum atomic E-state index is 5.57. The lowest BCUT2D eigenvalue weighted by Crippen LogP contribution is -2.26. The minimum atomic E-state index is 0.541. The average Bonchev–Trinajstić information content (AvgIpc) is 2.34. The summed E-state index contributed by atoms with van der Waals surface area (Å²) in [4.78, 5) is 0. The fourth-order valence-electron chi connectivity index (χ4n) is 2.67. The van der Waals surface area contributed by atoms with E-state index in [1.165, 1.54) is 44.9 Å². The van der Waals surface area contributed by atoms with Crippen molar-refractivity contribution < 1.29 is 4.74 Å². The van der Waals surface area contributed by atoms with E-state index in [9.17, 15) is 0 Å². The maximum Gasteiger partial charge on any atom is 0.0599 e. The number of hydrogen-bond donors (Lipinski definition) is 2. The van der Waals surface area contributed by atoms with Crippen molar-refractivity contribution in [1.82, 2.24) is 5.32 Å². The zero-order valence-corrected chi connectivity index (χ0v) is 11.5. The first kappa shape index (κ1) is 14.3. The van der Waals surface area contributed by atoms with Crippen LogP contribution in [0.3, 0.4) is 0 Å². The van der Waals surface area contributed by atoms with E-state index in [4.69, 9.17) is 4.74 Å². The molecule has 1 saturated carbocycles. The van der Waals surface area contributed by atoms with Gasteiger partial charge in [-0.15, -0.1) is 0 Å². The molecule has 2 unspecified atom stereocenters. The van der Waals surface area contributed by atoms with E-state index in [-0.39, 0.29) is 0 Å². The molecule has 0 aliphatic heterocycles. The Kier molecular flexibility index (Phi) is 8.34. The van der Waals surface area contributed by atoms with E-state index in [1.807, 2.05) is 7.11 Å². The van der Waals surface area contributed by atoms with Crippen molar-refractivity contribution in [3.8, 4) is 0 Å². The summed E-state index contributed by atoms with van der Waals surface area (Å²) < 4.78 is 5.57. The molecule has 0 bridgehead atoms. The molecule has 0 saturated heterocycles. The maximum absolute atomic E-state index is 5.57. The van der Waals surface area contributed by atoms with Crippen LogP contribution in [0.5, 0.6) is 0 Å². The lowest BCUT2D eigenvalue weighted by Gasteiger charge is -2.30. The molecule has 0 spiro atoms. The molecule has 2 atom stereocenters. The van der Waals surface area contributed by atoms with Crippen LogP contribution in [0.4, 0.5) is 0 Å². The van der Waals surface area contributed by atoms with Crippen LogP contribution in [0.1, 0.15) is 44.9 Å². The fourth-order valence-corrected chi connectivity index (χ4v) is 2.83. The molecule has 0 aromatic heterocycles. The van der Waals surface area contributed by atoms with Gasteiger partial charge in [-0.2, -0.15) is 12.6 Å². The Morgan fingerprint density at radius 3 is 2.75 bits per heavy atom. The summed E-state index contributed by atoms with van der Waals surface area (Å²) in [7, 11) is 1.87. The average molecular weight is 245 g/mol. The minimum absolute atomic E-state index is 0.541. The van der Waals surface area contributed by atoms with Crippen LogP contribution in [0.25, 0.3) is 0 Å². The van der Waals surface area contributed by atoms with E-state index < -0.39 is 0 Å². The summed E-state index contributed by atoms with van der Waals surface area (Å²) in [6.45, 7) is 2.18. The lowest BCUT2D eigenvalue weighted by molar-refractivity contribution is 0.0195. The summed E-state index contributed by atoms with van der Waals surface area (Å²) in [6.07, 6.45) is 9.94. The van der Waals surface area contributed by atoms with Gasteiger partial charge >= 0.3 is 0 Å². The van der Waals surface area contributed by atoms with Crippen LogP contribution in [0.2, 0.25) is 0 Å². The van der Waals surface area contributed by atoms with Gasteiger partial charge in [0.05, 0.1) is 6.10 Å². The third kappa shape index (κ3) is 5.55. The van der Waals surface area contributed by atoms with E-state index in [1.54, 1.807) is 0 Å². The number of unbranched alkanes of at least 4 members (excludes halogenated alkanes) is 1. The Morgan fingerprint density at radius 1 is 1.19 bits per heavy atom. The fraction of sp³-hybridized carbons (Fsp3) is 1.00. The number of thiol groups is 1. The van der Waals surface area contributed by atoms with Crippen molar-refractivity contribution >= 4 is 12.6 Å². The second-order valence-corrected chi connectivity index (χ2v) is 5.24. The Bertz CT molecular complexity index is 166. The number of hydrogen-bond acceptors (Lipinski definition) is 3. The van der Waals surface area contributed by atoms with Crippen LogP contribution >= 0.6 is 12.6 Å². The summed E-state index contributed by atoms with van der Waals surface area (Å²) in [5, 5.41) is 3.39. The van der Waals surface area contributed by atoms with Crippen LogP contribution in [0.15, 0.2) is 0 Å². The molecule has 0 aromatic rings. The minimum Gasteiger partial charge on any atom is -0.381 e. The number of nitrogens with one attached hydrogen (secondary N) is 1. The normalized spacial score (nSPS) is 25.9. The Balaban J connectivity index is 2.02. The van der Waals surface area contributed by atoms with Gasteiger partial charge in [-0.1, -0.05) is 19.3 Å². The second kappa shape index (κ2) is 9.32. The molecule has 0 amide bonds. The van der Waals surface area contributed by atoms with Crippen molar-refractivity contribution in [3.05, 3.63) is 0 Å². The third-order valence-electron chi connectivity index (χ3n) is 3.61. The molecule has 0 heterocycles. The molecule has 1 aliphatic rings. The van der Waals surface area contributed by atoms with Crippen molar-refractivity contribution in [3.63, 3.8) is 0 Å². The van der Waals surface area contributed by atoms with Gasteiger partial charge in [0, 0.05) is 19.4 Å². The summed E-state index contributed by atoms with van der Waals surface area (Å²) >= 11 is 4.17. The molecule has 1 rings (SSSR count). The largest absolute Gasteiger partial charge is 0.381 e. The molecule has 16 heavy (non-hydrogen) atoms. The van der Waals surface area contributed by atoms with E-state index in [2.05, 4.69) is 17.9 Å². The highest BCUT2D eigenvalue weighted by atomic mass is 32.1. The number of methoxy groups -OCH3 is 1. The van der Waals surface area contributed by atoms with Gasteiger partial charge in [0.2, 0.25) is 0 Å². The molecule has 1 aliphatic carbocycles. The lowest BCUT2D eigenvalue weighted by atomic mass is 9.83. The molecule has 2 nitrogen and oxygen atoms in total. The van der Waals surface area contributed by atoms with E-state index >= 15 is 0 Å². The molecule has 96 valence electrons. The second-order valence-electron chi connectivity index (χ2n) is 4.79. The topological polar surface area (TPSA) is 21.3 Å². The number of ether oxygens (including phenoxy) is 1.